The molecule has 1 saturated heterocycles. The van der Waals surface area contributed by atoms with Crippen LogP contribution in [0.1, 0.15) is 63.6 Å². The standard InChI is InChI=1S/C21H35N5O/c1-6-22-20(25(4)12-15-13-26(5)24-17(15)14(2)3)23-18-16-8-11-27-19(16)21(18)9-7-10-21/h13-14,16,18-19H,6-12H2,1-5H3,(H,22,23). The van der Waals surface area contributed by atoms with E-state index in [1.165, 1.54) is 36.9 Å². The Labute approximate surface area is 163 Å². The van der Waals surface area contributed by atoms with Gasteiger partial charge in [0.05, 0.1) is 11.8 Å². The van der Waals surface area contributed by atoms with Crippen LogP contribution in [0.2, 0.25) is 0 Å². The third-order valence-corrected chi connectivity index (χ3v) is 6.88. The molecule has 6 nitrogen and oxygen atoms in total. The smallest absolute Gasteiger partial charge is 0.194 e. The van der Waals surface area contributed by atoms with Crippen LogP contribution in [-0.4, -0.2) is 53.0 Å². The van der Waals surface area contributed by atoms with Gasteiger partial charge in [-0.05, 0) is 32.1 Å². The van der Waals surface area contributed by atoms with Crippen LogP contribution in [0.4, 0.5) is 0 Å². The molecule has 0 radical (unpaired) electrons. The number of guanidine groups is 1. The van der Waals surface area contributed by atoms with Crippen molar-refractivity contribution in [3.8, 4) is 0 Å². The Morgan fingerprint density at radius 2 is 2.26 bits per heavy atom. The molecule has 0 aromatic carbocycles. The molecule has 1 spiro atoms. The lowest BCUT2D eigenvalue weighted by atomic mass is 9.46. The molecule has 4 rings (SSSR count). The molecule has 0 bridgehead atoms. The summed E-state index contributed by atoms with van der Waals surface area (Å²) in [5.41, 5.74) is 2.84. The van der Waals surface area contributed by atoms with Gasteiger partial charge in [0, 0.05) is 62.9 Å². The van der Waals surface area contributed by atoms with Crippen LogP contribution < -0.4 is 5.32 Å². The first-order chi connectivity index (χ1) is 13.0. The first-order valence-electron chi connectivity index (χ1n) is 10.6. The molecule has 2 aliphatic carbocycles. The molecule has 3 fully saturated rings. The van der Waals surface area contributed by atoms with Crippen molar-refractivity contribution in [1.29, 1.82) is 0 Å². The summed E-state index contributed by atoms with van der Waals surface area (Å²) in [7, 11) is 4.15. The maximum atomic E-state index is 6.08. The molecule has 6 heteroatoms. The quantitative estimate of drug-likeness (QED) is 0.637. The minimum atomic E-state index is 0.369. The van der Waals surface area contributed by atoms with Gasteiger partial charge in [0.25, 0.3) is 0 Å². The number of hydrogen-bond donors (Lipinski definition) is 1. The van der Waals surface area contributed by atoms with Gasteiger partial charge in [0.1, 0.15) is 0 Å². The average Bonchev–Trinajstić information content (AvgIpc) is 3.14. The zero-order valence-electron chi connectivity index (χ0n) is 17.5. The number of aryl methyl sites for hydroxylation is 1. The second-order valence-corrected chi connectivity index (χ2v) is 8.97. The molecule has 1 aliphatic heterocycles. The predicted octanol–water partition coefficient (Wildman–Crippen LogP) is 2.90. The fraction of sp³-hybridized carbons (Fsp3) is 0.810. The van der Waals surface area contributed by atoms with E-state index in [2.05, 4.69) is 49.3 Å². The maximum Gasteiger partial charge on any atom is 0.194 e. The highest BCUT2D eigenvalue weighted by Gasteiger charge is 2.66. The Morgan fingerprint density at radius 3 is 2.89 bits per heavy atom. The number of nitrogens with zero attached hydrogens (tertiary/aromatic N) is 4. The first-order valence-corrected chi connectivity index (χ1v) is 10.6. The van der Waals surface area contributed by atoms with Gasteiger partial charge in [-0.2, -0.15) is 5.10 Å². The van der Waals surface area contributed by atoms with Gasteiger partial charge >= 0.3 is 0 Å². The van der Waals surface area contributed by atoms with Crippen molar-refractivity contribution in [2.45, 2.75) is 71.1 Å². The van der Waals surface area contributed by atoms with E-state index in [9.17, 15) is 0 Å². The summed E-state index contributed by atoms with van der Waals surface area (Å²) in [5, 5.41) is 8.52. The monoisotopic (exact) mass is 373 g/mol. The fourth-order valence-electron chi connectivity index (χ4n) is 5.51. The van der Waals surface area contributed by atoms with Crippen LogP contribution in [0.5, 0.6) is 0 Å². The van der Waals surface area contributed by atoms with Gasteiger partial charge in [-0.3, -0.25) is 9.67 Å². The van der Waals surface area contributed by atoms with Crippen molar-refractivity contribution < 1.29 is 4.74 Å². The van der Waals surface area contributed by atoms with E-state index in [1.54, 1.807) is 0 Å². The number of aliphatic imine (C=N–C) groups is 1. The highest BCUT2D eigenvalue weighted by atomic mass is 16.5. The van der Waals surface area contributed by atoms with Crippen LogP contribution in [-0.2, 0) is 18.3 Å². The Hall–Kier alpha value is -1.56. The molecular formula is C21H35N5O. The molecule has 0 amide bonds. The van der Waals surface area contributed by atoms with Crippen molar-refractivity contribution in [3.63, 3.8) is 0 Å². The molecule has 2 saturated carbocycles. The van der Waals surface area contributed by atoms with E-state index in [1.807, 2.05) is 11.7 Å². The summed E-state index contributed by atoms with van der Waals surface area (Å²) in [4.78, 5) is 7.09. The number of aromatic nitrogens is 2. The maximum absolute atomic E-state index is 6.08. The summed E-state index contributed by atoms with van der Waals surface area (Å²) in [6, 6.07) is 0.518. The van der Waals surface area contributed by atoms with Crippen molar-refractivity contribution in [3.05, 3.63) is 17.5 Å². The highest BCUT2D eigenvalue weighted by molar-refractivity contribution is 5.80. The van der Waals surface area contributed by atoms with Gasteiger partial charge in [0.2, 0.25) is 0 Å². The Balaban J connectivity index is 1.49. The zero-order chi connectivity index (χ0) is 19.2. The van der Waals surface area contributed by atoms with Crippen LogP contribution >= 0.6 is 0 Å². The summed E-state index contributed by atoms with van der Waals surface area (Å²) >= 11 is 0. The molecule has 150 valence electrons. The second kappa shape index (κ2) is 7.12. The second-order valence-electron chi connectivity index (χ2n) is 8.97. The van der Waals surface area contributed by atoms with Crippen molar-refractivity contribution in [2.24, 2.45) is 23.4 Å². The van der Waals surface area contributed by atoms with Gasteiger partial charge in [-0.1, -0.05) is 20.3 Å². The lowest BCUT2D eigenvalue weighted by Gasteiger charge is -2.63. The van der Waals surface area contributed by atoms with Crippen LogP contribution in [0, 0.1) is 11.3 Å². The number of hydrogen-bond acceptors (Lipinski definition) is 3. The number of fused-ring (bicyclic) bond motifs is 2. The lowest BCUT2D eigenvalue weighted by molar-refractivity contribution is -0.171. The van der Waals surface area contributed by atoms with Crippen molar-refractivity contribution in [1.82, 2.24) is 20.0 Å². The number of ether oxygens (including phenoxy) is 1. The Morgan fingerprint density at radius 1 is 1.48 bits per heavy atom. The summed E-state index contributed by atoms with van der Waals surface area (Å²) in [6.45, 7) is 9.08. The van der Waals surface area contributed by atoms with Crippen molar-refractivity contribution in [2.75, 3.05) is 20.2 Å². The SMILES string of the molecule is CCN=C(NC1C2CCOC2C12CCC2)N(C)Cc1cn(C)nc1C(C)C. The van der Waals surface area contributed by atoms with Crippen molar-refractivity contribution >= 4 is 5.96 Å². The van der Waals surface area contributed by atoms with Gasteiger partial charge < -0.3 is 15.0 Å². The average molecular weight is 374 g/mol. The van der Waals surface area contributed by atoms with E-state index >= 15 is 0 Å². The van der Waals surface area contributed by atoms with E-state index in [0.29, 0.717) is 29.4 Å². The third-order valence-electron chi connectivity index (χ3n) is 6.88. The predicted molar refractivity (Wildman–Crippen MR) is 108 cm³/mol. The number of rotatable bonds is 5. The van der Waals surface area contributed by atoms with Gasteiger partial charge in [-0.15, -0.1) is 0 Å². The Kier molecular flexibility index (Phi) is 4.95. The topological polar surface area (TPSA) is 54.7 Å². The normalized spacial score (nSPS) is 28.8. The van der Waals surface area contributed by atoms with E-state index in [-0.39, 0.29) is 0 Å². The molecule has 3 unspecified atom stereocenters. The minimum absolute atomic E-state index is 0.369. The number of nitrogens with one attached hydrogen (secondary N) is 1. The molecule has 3 atom stereocenters. The summed E-state index contributed by atoms with van der Waals surface area (Å²) in [6.07, 6.45) is 7.77. The van der Waals surface area contributed by atoms with Gasteiger partial charge in [0.15, 0.2) is 5.96 Å². The molecule has 1 N–H and O–H groups in total. The lowest BCUT2D eigenvalue weighted by Crippen LogP contribution is -2.72. The molecule has 1 aromatic heterocycles. The van der Waals surface area contributed by atoms with Crippen LogP contribution in [0.15, 0.2) is 11.2 Å². The largest absolute Gasteiger partial charge is 0.377 e. The van der Waals surface area contributed by atoms with E-state index < -0.39 is 0 Å². The fourth-order valence-corrected chi connectivity index (χ4v) is 5.51. The van der Waals surface area contributed by atoms with Gasteiger partial charge in [-0.25, -0.2) is 0 Å². The third kappa shape index (κ3) is 3.06. The minimum Gasteiger partial charge on any atom is -0.377 e. The van der Waals surface area contributed by atoms with Crippen LogP contribution in [0.25, 0.3) is 0 Å². The van der Waals surface area contributed by atoms with E-state index in [0.717, 1.165) is 25.7 Å². The summed E-state index contributed by atoms with van der Waals surface area (Å²) in [5.74, 6) is 2.11. The summed E-state index contributed by atoms with van der Waals surface area (Å²) < 4.78 is 8.01. The molecule has 2 heterocycles. The molecular weight excluding hydrogens is 338 g/mol. The first kappa shape index (κ1) is 18.8. The zero-order valence-corrected chi connectivity index (χ0v) is 17.5. The van der Waals surface area contributed by atoms with Crippen LogP contribution in [0.3, 0.4) is 0 Å². The Bertz CT molecular complexity index is 705. The van der Waals surface area contributed by atoms with E-state index in [4.69, 9.17) is 9.73 Å². The molecule has 1 aromatic rings. The highest BCUT2D eigenvalue weighted by Crippen LogP contribution is 2.62. The molecule has 27 heavy (non-hydrogen) atoms. The molecule has 3 aliphatic rings.